The lowest BCUT2D eigenvalue weighted by molar-refractivity contribution is 0.0695. The molecule has 2 aliphatic rings. The molecule has 3 aromatic rings. The van der Waals surface area contributed by atoms with Gasteiger partial charge in [-0.15, -0.1) is 0 Å². The first-order valence-corrected chi connectivity index (χ1v) is 12.1. The summed E-state index contributed by atoms with van der Waals surface area (Å²) in [6, 6.07) is 16.9. The quantitative estimate of drug-likeness (QED) is 0.523. The molecule has 3 atom stereocenters. The van der Waals surface area contributed by atoms with Crippen molar-refractivity contribution in [1.29, 1.82) is 0 Å². The molecular weight excluding hydrogens is 459 g/mol. The third-order valence-electron chi connectivity index (χ3n) is 7.19. The van der Waals surface area contributed by atoms with Crippen molar-refractivity contribution in [2.75, 3.05) is 27.3 Å². The van der Waals surface area contributed by atoms with E-state index in [1.165, 1.54) is 26.4 Å². The fourth-order valence-corrected chi connectivity index (χ4v) is 5.20. The Hall–Kier alpha value is -3.87. The van der Waals surface area contributed by atoms with Crippen LogP contribution in [0.4, 0.5) is 4.39 Å². The highest BCUT2D eigenvalue weighted by Gasteiger charge is 2.54. The van der Waals surface area contributed by atoms with Crippen LogP contribution in [0, 0.1) is 24.6 Å². The van der Waals surface area contributed by atoms with Crippen LogP contribution in [-0.4, -0.2) is 50.1 Å². The topological polar surface area (TPSA) is 67.9 Å². The third kappa shape index (κ3) is 4.65. The van der Waals surface area contributed by atoms with E-state index >= 15 is 0 Å². The number of nitrogens with one attached hydrogen (secondary N) is 1. The highest BCUT2D eigenvalue weighted by Crippen LogP contribution is 2.50. The van der Waals surface area contributed by atoms with Crippen molar-refractivity contribution in [2.45, 2.75) is 19.4 Å². The zero-order valence-corrected chi connectivity index (χ0v) is 20.6. The Morgan fingerprint density at radius 1 is 1.03 bits per heavy atom. The number of aryl methyl sites for hydroxylation is 1. The Balaban J connectivity index is 1.36. The summed E-state index contributed by atoms with van der Waals surface area (Å²) >= 11 is 0. The van der Waals surface area contributed by atoms with Crippen molar-refractivity contribution in [1.82, 2.24) is 10.2 Å². The van der Waals surface area contributed by atoms with E-state index in [-0.39, 0.29) is 23.7 Å². The number of nitrogens with zero attached hydrogens (tertiary/aromatic N) is 1. The number of rotatable bonds is 7. The lowest BCUT2D eigenvalue weighted by atomic mass is 9.96. The minimum Gasteiger partial charge on any atom is -0.497 e. The van der Waals surface area contributed by atoms with E-state index in [9.17, 15) is 14.0 Å². The summed E-state index contributed by atoms with van der Waals surface area (Å²) in [6.45, 7) is 2.97. The first kappa shape index (κ1) is 23.9. The molecule has 0 bridgehead atoms. The highest BCUT2D eigenvalue weighted by atomic mass is 19.1. The Morgan fingerprint density at radius 2 is 1.78 bits per heavy atom. The first-order chi connectivity index (χ1) is 17.4. The molecule has 36 heavy (non-hydrogen) atoms. The summed E-state index contributed by atoms with van der Waals surface area (Å²) in [5, 5.41) is 3.01. The standard InChI is InChI=1S/C29H29FN2O4/c1-17-7-8-24(25(9-17)18-5-4-6-21(30)10-18)29(34)32-16-20-13-26(20)27(32)15-31-28(33)19-11-22(35-2)14-23(12-19)36-3/h4-12,14,20,26-27H,13,15-16H2,1-3H3,(H,31,33). The van der Waals surface area contributed by atoms with Crippen LogP contribution in [0.3, 0.4) is 0 Å². The highest BCUT2D eigenvalue weighted by molar-refractivity contribution is 6.01. The molecular formula is C29H29FN2O4. The molecule has 6 nitrogen and oxygen atoms in total. The van der Waals surface area contributed by atoms with E-state index in [0.29, 0.717) is 58.7 Å². The second kappa shape index (κ2) is 9.64. The molecule has 3 unspecified atom stereocenters. The molecule has 1 heterocycles. The van der Waals surface area contributed by atoms with Crippen LogP contribution in [0.15, 0.2) is 60.7 Å². The Bertz CT molecular complexity index is 1300. The number of hydrogen-bond donors (Lipinski definition) is 1. The Morgan fingerprint density at radius 3 is 2.47 bits per heavy atom. The molecule has 5 rings (SSSR count). The lowest BCUT2D eigenvalue weighted by Gasteiger charge is -2.29. The van der Waals surface area contributed by atoms with E-state index in [1.807, 2.05) is 36.1 Å². The second-order valence-electron chi connectivity index (χ2n) is 9.56. The van der Waals surface area contributed by atoms with E-state index in [2.05, 4.69) is 5.32 Å². The summed E-state index contributed by atoms with van der Waals surface area (Å²) in [5.41, 5.74) is 3.35. The molecule has 1 aliphatic heterocycles. The zero-order chi connectivity index (χ0) is 25.4. The number of carbonyl (C=O) groups excluding carboxylic acids is 2. The van der Waals surface area contributed by atoms with Crippen molar-refractivity contribution in [3.8, 4) is 22.6 Å². The maximum atomic E-state index is 14.0. The van der Waals surface area contributed by atoms with Crippen LogP contribution in [0.5, 0.6) is 11.5 Å². The number of fused-ring (bicyclic) bond motifs is 1. The minimum atomic E-state index is -0.343. The number of methoxy groups -OCH3 is 2. The number of ether oxygens (including phenoxy) is 2. The minimum absolute atomic E-state index is 0.0937. The normalized spacial score (nSPS) is 20.0. The molecule has 2 fully saturated rings. The SMILES string of the molecule is COc1cc(OC)cc(C(=O)NCC2C3CC3CN2C(=O)c2ccc(C)cc2-c2cccc(F)c2)c1. The van der Waals surface area contributed by atoms with Gasteiger partial charge in [-0.05, 0) is 66.6 Å². The van der Waals surface area contributed by atoms with Gasteiger partial charge in [0.05, 0.1) is 20.3 Å². The smallest absolute Gasteiger partial charge is 0.254 e. The number of hydrogen-bond acceptors (Lipinski definition) is 4. The fourth-order valence-electron chi connectivity index (χ4n) is 5.20. The van der Waals surface area contributed by atoms with Gasteiger partial charge in [0, 0.05) is 30.3 Å². The van der Waals surface area contributed by atoms with Crippen molar-refractivity contribution in [3.63, 3.8) is 0 Å². The number of likely N-dealkylation sites (tertiary alicyclic amines) is 1. The van der Waals surface area contributed by atoms with E-state index < -0.39 is 0 Å². The van der Waals surface area contributed by atoms with Crippen LogP contribution < -0.4 is 14.8 Å². The molecule has 0 spiro atoms. The van der Waals surface area contributed by atoms with Gasteiger partial charge in [0.15, 0.2) is 0 Å². The van der Waals surface area contributed by atoms with Gasteiger partial charge in [-0.3, -0.25) is 9.59 Å². The first-order valence-electron chi connectivity index (χ1n) is 12.1. The summed E-state index contributed by atoms with van der Waals surface area (Å²) in [7, 11) is 3.07. The molecule has 1 saturated heterocycles. The van der Waals surface area contributed by atoms with Crippen LogP contribution >= 0.6 is 0 Å². The predicted octanol–water partition coefficient (Wildman–Crippen LogP) is 4.71. The van der Waals surface area contributed by atoms with Gasteiger partial charge < -0.3 is 19.7 Å². The van der Waals surface area contributed by atoms with Gasteiger partial charge in [-0.2, -0.15) is 0 Å². The van der Waals surface area contributed by atoms with Crippen LogP contribution in [0.25, 0.3) is 11.1 Å². The van der Waals surface area contributed by atoms with Crippen molar-refractivity contribution in [3.05, 3.63) is 83.2 Å². The van der Waals surface area contributed by atoms with Crippen LogP contribution in [-0.2, 0) is 0 Å². The zero-order valence-electron chi connectivity index (χ0n) is 20.6. The summed E-state index contributed by atoms with van der Waals surface area (Å²) in [4.78, 5) is 28.6. The van der Waals surface area contributed by atoms with Gasteiger partial charge in [0.2, 0.25) is 0 Å². The molecule has 1 saturated carbocycles. The molecule has 0 aromatic heterocycles. The number of amides is 2. The fraction of sp³-hybridized carbons (Fsp3) is 0.310. The van der Waals surface area contributed by atoms with Crippen LogP contribution in [0.1, 0.15) is 32.7 Å². The van der Waals surface area contributed by atoms with Gasteiger partial charge >= 0.3 is 0 Å². The van der Waals surface area contributed by atoms with Gasteiger partial charge in [-0.25, -0.2) is 4.39 Å². The molecule has 1 N–H and O–H groups in total. The van der Waals surface area contributed by atoms with E-state index in [1.54, 1.807) is 24.3 Å². The average Bonchev–Trinajstić information content (AvgIpc) is 3.57. The second-order valence-corrected chi connectivity index (χ2v) is 9.56. The van der Waals surface area contributed by atoms with Gasteiger partial charge in [0.25, 0.3) is 11.8 Å². The summed E-state index contributed by atoms with van der Waals surface area (Å²) in [6.07, 6.45) is 1.06. The lowest BCUT2D eigenvalue weighted by Crippen LogP contribution is -2.45. The molecule has 0 radical (unpaired) electrons. The number of piperidine rings is 1. The molecule has 7 heteroatoms. The maximum Gasteiger partial charge on any atom is 0.254 e. The molecule has 3 aromatic carbocycles. The predicted molar refractivity (Wildman–Crippen MR) is 135 cm³/mol. The Labute approximate surface area is 210 Å². The van der Waals surface area contributed by atoms with E-state index in [0.717, 1.165) is 12.0 Å². The largest absolute Gasteiger partial charge is 0.497 e. The van der Waals surface area contributed by atoms with Gasteiger partial charge in [0.1, 0.15) is 17.3 Å². The molecule has 1 aliphatic carbocycles. The number of halogens is 1. The number of benzene rings is 3. The number of carbonyl (C=O) groups is 2. The summed E-state index contributed by atoms with van der Waals surface area (Å²) < 4.78 is 24.5. The average molecular weight is 489 g/mol. The monoisotopic (exact) mass is 488 g/mol. The summed E-state index contributed by atoms with van der Waals surface area (Å²) in [5.74, 6) is 1.20. The van der Waals surface area contributed by atoms with Crippen LogP contribution in [0.2, 0.25) is 0 Å². The third-order valence-corrected chi connectivity index (χ3v) is 7.19. The van der Waals surface area contributed by atoms with Crippen molar-refractivity contribution in [2.24, 2.45) is 11.8 Å². The van der Waals surface area contributed by atoms with Gasteiger partial charge in [-0.1, -0.05) is 29.8 Å². The Kier molecular flexibility index (Phi) is 6.39. The molecule has 186 valence electrons. The van der Waals surface area contributed by atoms with E-state index in [4.69, 9.17) is 9.47 Å². The van der Waals surface area contributed by atoms with Crippen molar-refractivity contribution >= 4 is 11.8 Å². The maximum absolute atomic E-state index is 14.0. The molecule has 2 amide bonds. The van der Waals surface area contributed by atoms with Crippen molar-refractivity contribution < 1.29 is 23.5 Å².